The van der Waals surface area contributed by atoms with E-state index in [9.17, 15) is 4.79 Å². The van der Waals surface area contributed by atoms with Crippen LogP contribution >= 0.6 is 0 Å². The van der Waals surface area contributed by atoms with Gasteiger partial charge in [0.25, 0.3) is 0 Å². The summed E-state index contributed by atoms with van der Waals surface area (Å²) < 4.78 is 6.05. The second kappa shape index (κ2) is 13.0. The van der Waals surface area contributed by atoms with E-state index in [4.69, 9.17) is 4.74 Å². The number of amides is 1. The van der Waals surface area contributed by atoms with Gasteiger partial charge in [-0.15, -0.1) is 0 Å². The molecule has 6 heteroatoms. The van der Waals surface area contributed by atoms with E-state index in [-0.39, 0.29) is 12.0 Å². The molecule has 0 radical (unpaired) electrons. The molecule has 0 aliphatic carbocycles. The molecule has 1 unspecified atom stereocenters. The molecule has 0 aromatic heterocycles. The monoisotopic (exact) mass is 376 g/mol. The predicted molar refractivity (Wildman–Crippen MR) is 112 cm³/mol. The van der Waals surface area contributed by atoms with Crippen molar-refractivity contribution in [2.45, 2.75) is 66.5 Å². The summed E-state index contributed by atoms with van der Waals surface area (Å²) in [4.78, 5) is 16.3. The van der Waals surface area contributed by atoms with Gasteiger partial charge in [0.05, 0.1) is 12.6 Å². The van der Waals surface area contributed by atoms with Gasteiger partial charge in [-0.05, 0) is 45.2 Å². The van der Waals surface area contributed by atoms with Crippen LogP contribution in [0.3, 0.4) is 0 Å². The summed E-state index contributed by atoms with van der Waals surface area (Å²) in [6.07, 6.45) is 2.50. The van der Waals surface area contributed by atoms with Crippen molar-refractivity contribution in [1.82, 2.24) is 16.0 Å². The molecule has 0 aliphatic rings. The molecule has 0 aliphatic heterocycles. The summed E-state index contributed by atoms with van der Waals surface area (Å²) in [5.41, 5.74) is 2.22. The van der Waals surface area contributed by atoms with Crippen molar-refractivity contribution in [1.29, 1.82) is 0 Å². The van der Waals surface area contributed by atoms with Crippen molar-refractivity contribution >= 4 is 11.9 Å². The molecular weight excluding hydrogens is 340 g/mol. The minimum atomic E-state index is 0.0583. The van der Waals surface area contributed by atoms with Crippen LogP contribution in [0.1, 0.15) is 58.1 Å². The molecule has 1 aromatic carbocycles. The number of ether oxygens (including phenoxy) is 1. The van der Waals surface area contributed by atoms with Crippen molar-refractivity contribution in [2.75, 3.05) is 19.6 Å². The van der Waals surface area contributed by atoms with Gasteiger partial charge in [-0.1, -0.05) is 26.0 Å². The summed E-state index contributed by atoms with van der Waals surface area (Å²) in [5, 5.41) is 9.31. The lowest BCUT2D eigenvalue weighted by atomic mass is 10.1. The van der Waals surface area contributed by atoms with Gasteiger partial charge in [0.2, 0.25) is 5.91 Å². The maximum atomic E-state index is 11.7. The number of rotatable bonds is 11. The van der Waals surface area contributed by atoms with Gasteiger partial charge in [0, 0.05) is 31.6 Å². The highest BCUT2D eigenvalue weighted by Crippen LogP contribution is 2.23. The first-order chi connectivity index (χ1) is 13.0. The molecule has 27 heavy (non-hydrogen) atoms. The van der Waals surface area contributed by atoms with E-state index in [1.165, 1.54) is 5.56 Å². The van der Waals surface area contributed by atoms with E-state index < -0.39 is 0 Å². The number of hydrogen-bond donors (Lipinski definition) is 3. The van der Waals surface area contributed by atoms with Crippen molar-refractivity contribution in [3.8, 4) is 5.75 Å². The van der Waals surface area contributed by atoms with E-state index in [0.717, 1.165) is 37.2 Å². The maximum Gasteiger partial charge on any atom is 0.221 e. The Hall–Kier alpha value is -2.24. The first-order valence-electron chi connectivity index (χ1n) is 10.0. The number of nitrogens with zero attached hydrogens (tertiary/aromatic N) is 1. The second-order valence-electron chi connectivity index (χ2n) is 6.67. The highest BCUT2D eigenvalue weighted by Gasteiger charge is 2.08. The van der Waals surface area contributed by atoms with Crippen LogP contribution < -0.4 is 20.7 Å². The Kier molecular flexibility index (Phi) is 11.0. The van der Waals surface area contributed by atoms with E-state index >= 15 is 0 Å². The Balaban J connectivity index is 2.70. The van der Waals surface area contributed by atoms with Gasteiger partial charge < -0.3 is 20.7 Å². The fraction of sp³-hybridized carbons (Fsp3) is 0.619. The smallest absolute Gasteiger partial charge is 0.221 e. The molecule has 1 atom stereocenters. The third kappa shape index (κ3) is 9.31. The normalized spacial score (nSPS) is 12.4. The van der Waals surface area contributed by atoms with Gasteiger partial charge in [-0.25, -0.2) is 4.99 Å². The van der Waals surface area contributed by atoms with Crippen molar-refractivity contribution in [3.63, 3.8) is 0 Å². The molecule has 1 rings (SSSR count). The van der Waals surface area contributed by atoms with E-state index in [2.05, 4.69) is 59.9 Å². The van der Waals surface area contributed by atoms with Gasteiger partial charge in [0.1, 0.15) is 5.75 Å². The SMILES string of the molecule is CCCNC(=O)CCNC(=NCc1ccc(C)cc1OC(C)CC)NCC. The van der Waals surface area contributed by atoms with Gasteiger partial charge in [-0.3, -0.25) is 4.79 Å². The molecule has 152 valence electrons. The highest BCUT2D eigenvalue weighted by molar-refractivity contribution is 5.81. The van der Waals surface area contributed by atoms with Crippen LogP contribution in [0.2, 0.25) is 0 Å². The molecule has 0 fully saturated rings. The zero-order valence-corrected chi connectivity index (χ0v) is 17.5. The summed E-state index contributed by atoms with van der Waals surface area (Å²) in [6.45, 7) is 12.9. The van der Waals surface area contributed by atoms with E-state index in [0.29, 0.717) is 25.5 Å². The topological polar surface area (TPSA) is 74.8 Å². The van der Waals surface area contributed by atoms with Crippen LogP contribution in [0.5, 0.6) is 5.75 Å². The van der Waals surface area contributed by atoms with Crippen LogP contribution in [0.15, 0.2) is 23.2 Å². The zero-order chi connectivity index (χ0) is 20.1. The molecule has 0 saturated carbocycles. The highest BCUT2D eigenvalue weighted by atomic mass is 16.5. The molecule has 1 amide bonds. The minimum Gasteiger partial charge on any atom is -0.490 e. The van der Waals surface area contributed by atoms with Crippen LogP contribution in [0.25, 0.3) is 0 Å². The van der Waals surface area contributed by atoms with Gasteiger partial charge in [0.15, 0.2) is 5.96 Å². The average molecular weight is 377 g/mol. The molecule has 3 N–H and O–H groups in total. The summed E-state index contributed by atoms with van der Waals surface area (Å²) in [6, 6.07) is 6.21. The van der Waals surface area contributed by atoms with Crippen LogP contribution in [0, 0.1) is 6.92 Å². The zero-order valence-electron chi connectivity index (χ0n) is 17.5. The summed E-state index contributed by atoms with van der Waals surface area (Å²) in [5.74, 6) is 1.65. The minimum absolute atomic E-state index is 0.0583. The van der Waals surface area contributed by atoms with Gasteiger partial charge >= 0.3 is 0 Å². The van der Waals surface area contributed by atoms with E-state index in [1.54, 1.807) is 0 Å². The van der Waals surface area contributed by atoms with Crippen molar-refractivity contribution in [3.05, 3.63) is 29.3 Å². The molecule has 1 aromatic rings. The fourth-order valence-electron chi connectivity index (χ4n) is 2.36. The second-order valence-corrected chi connectivity index (χ2v) is 6.67. The number of carbonyl (C=O) groups excluding carboxylic acids is 1. The first-order valence-corrected chi connectivity index (χ1v) is 10.0. The molecule has 6 nitrogen and oxygen atoms in total. The Labute approximate surface area is 164 Å². The lowest BCUT2D eigenvalue weighted by Gasteiger charge is -2.17. The Morgan fingerprint density at radius 3 is 2.59 bits per heavy atom. The summed E-state index contributed by atoms with van der Waals surface area (Å²) >= 11 is 0. The fourth-order valence-corrected chi connectivity index (χ4v) is 2.36. The first kappa shape index (κ1) is 22.8. The Morgan fingerprint density at radius 1 is 1.15 bits per heavy atom. The third-order valence-electron chi connectivity index (χ3n) is 4.09. The third-order valence-corrected chi connectivity index (χ3v) is 4.09. The number of carbonyl (C=O) groups is 1. The average Bonchev–Trinajstić information content (AvgIpc) is 2.65. The number of aliphatic imine (C=N–C) groups is 1. The number of guanidine groups is 1. The molecule has 0 bridgehead atoms. The lowest BCUT2D eigenvalue weighted by molar-refractivity contribution is -0.120. The predicted octanol–water partition coefficient (Wildman–Crippen LogP) is 3.14. The number of hydrogen-bond acceptors (Lipinski definition) is 3. The Morgan fingerprint density at radius 2 is 1.93 bits per heavy atom. The summed E-state index contributed by atoms with van der Waals surface area (Å²) in [7, 11) is 0. The molecule has 0 spiro atoms. The van der Waals surface area contributed by atoms with Crippen molar-refractivity contribution in [2.24, 2.45) is 4.99 Å². The standard InChI is InChI=1S/C21H36N4O2/c1-6-12-23-20(26)11-13-24-21(22-8-3)25-15-18-10-9-16(4)14-19(18)27-17(5)7-2/h9-10,14,17H,6-8,11-13,15H2,1-5H3,(H,23,26)(H2,22,24,25). The maximum absolute atomic E-state index is 11.7. The Bertz CT molecular complexity index is 602. The number of benzene rings is 1. The van der Waals surface area contributed by atoms with Crippen molar-refractivity contribution < 1.29 is 9.53 Å². The van der Waals surface area contributed by atoms with Crippen LogP contribution in [0.4, 0.5) is 0 Å². The molecular formula is C21H36N4O2. The largest absolute Gasteiger partial charge is 0.490 e. The van der Waals surface area contributed by atoms with Gasteiger partial charge in [-0.2, -0.15) is 0 Å². The van der Waals surface area contributed by atoms with Crippen LogP contribution in [-0.2, 0) is 11.3 Å². The van der Waals surface area contributed by atoms with E-state index in [1.807, 2.05) is 13.8 Å². The lowest BCUT2D eigenvalue weighted by Crippen LogP contribution is -2.39. The van der Waals surface area contributed by atoms with Crippen LogP contribution in [-0.4, -0.2) is 37.6 Å². The quantitative estimate of drug-likeness (QED) is 0.410. The molecule has 0 heterocycles. The molecule has 0 saturated heterocycles. The number of aryl methyl sites for hydroxylation is 1. The number of nitrogens with one attached hydrogen (secondary N) is 3.